The zero-order valence-corrected chi connectivity index (χ0v) is 10.5. The number of para-hydroxylation sites is 1. The third-order valence-corrected chi connectivity index (χ3v) is 3.10. The predicted octanol–water partition coefficient (Wildman–Crippen LogP) is 3.04. The molecular weight excluding hydrogens is 285 g/mol. The zero-order valence-electron chi connectivity index (χ0n) is 10.5. The Kier molecular flexibility index (Phi) is 2.79. The number of H-pyrrole nitrogens is 1. The van der Waals surface area contributed by atoms with Crippen LogP contribution in [0.25, 0.3) is 16.7 Å². The first kappa shape index (κ1) is 13.3. The molecule has 2 N–H and O–H groups in total. The minimum absolute atomic E-state index is 0.0816. The van der Waals surface area contributed by atoms with E-state index in [0.29, 0.717) is 0 Å². The number of rotatable bonds is 1. The first-order valence-corrected chi connectivity index (χ1v) is 5.98. The number of phenols is 1. The summed E-state index contributed by atoms with van der Waals surface area (Å²) < 4.78 is 40.3. The Labute approximate surface area is 116 Å². The van der Waals surface area contributed by atoms with E-state index in [-0.39, 0.29) is 22.5 Å². The van der Waals surface area contributed by atoms with Crippen LogP contribution in [0.2, 0.25) is 0 Å². The molecule has 108 valence electrons. The van der Waals surface area contributed by atoms with Gasteiger partial charge in [-0.1, -0.05) is 12.1 Å². The van der Waals surface area contributed by atoms with E-state index in [1.54, 1.807) is 0 Å². The maximum absolute atomic E-state index is 13.1. The molecule has 4 nitrogen and oxygen atoms in total. The van der Waals surface area contributed by atoms with E-state index in [9.17, 15) is 23.1 Å². The van der Waals surface area contributed by atoms with Crippen molar-refractivity contribution in [2.24, 2.45) is 0 Å². The number of aromatic hydroxyl groups is 1. The summed E-state index contributed by atoms with van der Waals surface area (Å²) in [5.74, 6) is -0.141. The SMILES string of the molecule is O=c1[nH]c2cccc(C(F)(F)F)c2n1-c1cccc(O)c1. The summed E-state index contributed by atoms with van der Waals surface area (Å²) in [6, 6.07) is 9.03. The second-order valence-corrected chi connectivity index (χ2v) is 4.48. The molecule has 2 aromatic carbocycles. The number of nitrogens with zero attached hydrogens (tertiary/aromatic N) is 1. The Morgan fingerprint density at radius 1 is 1.10 bits per heavy atom. The molecule has 1 aromatic heterocycles. The van der Waals surface area contributed by atoms with Crippen molar-refractivity contribution in [2.45, 2.75) is 6.18 Å². The van der Waals surface area contributed by atoms with Crippen molar-refractivity contribution in [3.05, 3.63) is 58.5 Å². The van der Waals surface area contributed by atoms with E-state index in [1.807, 2.05) is 0 Å². The van der Waals surface area contributed by atoms with Gasteiger partial charge in [0.05, 0.1) is 22.3 Å². The van der Waals surface area contributed by atoms with E-state index in [2.05, 4.69) is 4.98 Å². The number of hydrogen-bond donors (Lipinski definition) is 2. The van der Waals surface area contributed by atoms with Crippen LogP contribution < -0.4 is 5.69 Å². The third kappa shape index (κ3) is 2.16. The number of phenolic OH excluding ortho intramolecular Hbond substituents is 1. The van der Waals surface area contributed by atoms with E-state index >= 15 is 0 Å². The first-order chi connectivity index (χ1) is 9.88. The van der Waals surface area contributed by atoms with Gasteiger partial charge in [0.2, 0.25) is 0 Å². The Hall–Kier alpha value is -2.70. The monoisotopic (exact) mass is 294 g/mol. The van der Waals surface area contributed by atoms with Crippen LogP contribution in [0.15, 0.2) is 47.3 Å². The van der Waals surface area contributed by atoms with E-state index in [0.717, 1.165) is 10.6 Å². The van der Waals surface area contributed by atoms with Gasteiger partial charge in [-0.15, -0.1) is 0 Å². The Morgan fingerprint density at radius 3 is 2.48 bits per heavy atom. The number of fused-ring (bicyclic) bond motifs is 1. The maximum Gasteiger partial charge on any atom is 0.418 e. The second-order valence-electron chi connectivity index (χ2n) is 4.48. The van der Waals surface area contributed by atoms with Gasteiger partial charge in [0.25, 0.3) is 0 Å². The largest absolute Gasteiger partial charge is 0.508 e. The number of aromatic amines is 1. The van der Waals surface area contributed by atoms with Gasteiger partial charge in [0.1, 0.15) is 5.75 Å². The normalized spacial score (nSPS) is 12.0. The molecule has 0 atom stereocenters. The lowest BCUT2D eigenvalue weighted by atomic mass is 10.1. The van der Waals surface area contributed by atoms with Gasteiger partial charge < -0.3 is 10.1 Å². The summed E-state index contributed by atoms with van der Waals surface area (Å²) in [6.45, 7) is 0. The highest BCUT2D eigenvalue weighted by molar-refractivity contribution is 5.81. The van der Waals surface area contributed by atoms with Crippen LogP contribution in [-0.4, -0.2) is 14.7 Å². The van der Waals surface area contributed by atoms with Crippen molar-refractivity contribution in [3.63, 3.8) is 0 Å². The molecule has 3 aromatic rings. The molecule has 0 amide bonds. The van der Waals surface area contributed by atoms with Crippen molar-refractivity contribution in [3.8, 4) is 11.4 Å². The molecule has 3 rings (SSSR count). The van der Waals surface area contributed by atoms with Gasteiger partial charge >= 0.3 is 11.9 Å². The van der Waals surface area contributed by atoms with Crippen molar-refractivity contribution < 1.29 is 18.3 Å². The molecule has 0 unspecified atom stereocenters. The van der Waals surface area contributed by atoms with Crippen molar-refractivity contribution in [1.29, 1.82) is 0 Å². The molecule has 0 aliphatic rings. The van der Waals surface area contributed by atoms with Gasteiger partial charge in [0.15, 0.2) is 0 Å². The van der Waals surface area contributed by atoms with Crippen molar-refractivity contribution >= 4 is 11.0 Å². The smallest absolute Gasteiger partial charge is 0.418 e. The van der Waals surface area contributed by atoms with Crippen molar-refractivity contribution in [1.82, 2.24) is 9.55 Å². The molecule has 0 fully saturated rings. The average molecular weight is 294 g/mol. The van der Waals surface area contributed by atoms with Crippen LogP contribution in [0.1, 0.15) is 5.56 Å². The van der Waals surface area contributed by atoms with Gasteiger partial charge in [-0.05, 0) is 24.3 Å². The maximum atomic E-state index is 13.1. The molecule has 7 heteroatoms. The second kappa shape index (κ2) is 4.41. The molecule has 0 radical (unpaired) electrons. The minimum Gasteiger partial charge on any atom is -0.508 e. The topological polar surface area (TPSA) is 58.0 Å². The number of aromatic nitrogens is 2. The van der Waals surface area contributed by atoms with Crippen molar-refractivity contribution in [2.75, 3.05) is 0 Å². The molecule has 0 aliphatic heterocycles. The van der Waals surface area contributed by atoms with Crippen LogP contribution in [-0.2, 0) is 6.18 Å². The quantitative estimate of drug-likeness (QED) is 0.724. The summed E-state index contributed by atoms with van der Waals surface area (Å²) in [4.78, 5) is 14.4. The van der Waals surface area contributed by atoms with E-state index in [4.69, 9.17) is 0 Å². The molecule has 0 spiro atoms. The number of halogens is 3. The molecule has 0 bridgehead atoms. The summed E-state index contributed by atoms with van der Waals surface area (Å²) in [5.41, 5.74) is -1.64. The van der Waals surface area contributed by atoms with E-state index in [1.165, 1.54) is 36.4 Å². The van der Waals surface area contributed by atoms with Crippen LogP contribution in [0.3, 0.4) is 0 Å². The number of benzene rings is 2. The number of alkyl halides is 3. The highest BCUT2D eigenvalue weighted by Gasteiger charge is 2.34. The van der Waals surface area contributed by atoms with Crippen LogP contribution in [0.4, 0.5) is 13.2 Å². The lowest BCUT2D eigenvalue weighted by Gasteiger charge is -2.11. The Morgan fingerprint density at radius 2 is 1.81 bits per heavy atom. The number of hydrogen-bond acceptors (Lipinski definition) is 2. The Balaban J connectivity index is 2.43. The predicted molar refractivity (Wildman–Crippen MR) is 70.6 cm³/mol. The fourth-order valence-electron chi connectivity index (χ4n) is 2.27. The highest BCUT2D eigenvalue weighted by atomic mass is 19.4. The highest BCUT2D eigenvalue weighted by Crippen LogP contribution is 2.34. The van der Waals surface area contributed by atoms with Gasteiger partial charge in [-0.2, -0.15) is 13.2 Å². The molecule has 0 saturated carbocycles. The average Bonchev–Trinajstić information content (AvgIpc) is 2.73. The molecule has 1 heterocycles. The molecular formula is C14H9F3N2O2. The van der Waals surface area contributed by atoms with Gasteiger partial charge in [-0.3, -0.25) is 4.57 Å². The first-order valence-electron chi connectivity index (χ1n) is 5.98. The lowest BCUT2D eigenvalue weighted by Crippen LogP contribution is -2.16. The summed E-state index contributed by atoms with van der Waals surface area (Å²) in [7, 11) is 0. The standard InChI is InChI=1S/C14H9F3N2O2/c15-14(16,17)10-5-2-6-11-12(10)19(13(21)18-11)8-3-1-4-9(20)7-8/h1-7,20H,(H,18,21). The fourth-order valence-corrected chi connectivity index (χ4v) is 2.27. The van der Waals surface area contributed by atoms with Crippen LogP contribution in [0, 0.1) is 0 Å². The van der Waals surface area contributed by atoms with Gasteiger partial charge in [0, 0.05) is 6.07 Å². The fraction of sp³-hybridized carbons (Fsp3) is 0.0714. The molecule has 0 aliphatic carbocycles. The number of imidazole rings is 1. The zero-order chi connectivity index (χ0) is 15.2. The van der Waals surface area contributed by atoms with Crippen LogP contribution in [0.5, 0.6) is 5.75 Å². The summed E-state index contributed by atoms with van der Waals surface area (Å²) in [6.07, 6.45) is -4.59. The van der Waals surface area contributed by atoms with Crippen LogP contribution >= 0.6 is 0 Å². The summed E-state index contributed by atoms with van der Waals surface area (Å²) in [5, 5.41) is 9.46. The summed E-state index contributed by atoms with van der Waals surface area (Å²) >= 11 is 0. The Bertz CT molecular complexity index is 878. The third-order valence-electron chi connectivity index (χ3n) is 3.10. The molecule has 21 heavy (non-hydrogen) atoms. The number of nitrogens with one attached hydrogen (secondary N) is 1. The minimum atomic E-state index is -4.59. The lowest BCUT2D eigenvalue weighted by molar-refractivity contribution is -0.136. The van der Waals surface area contributed by atoms with Gasteiger partial charge in [-0.25, -0.2) is 4.79 Å². The molecule has 0 saturated heterocycles. The van der Waals surface area contributed by atoms with E-state index < -0.39 is 17.4 Å².